The van der Waals surface area contributed by atoms with Crippen molar-refractivity contribution in [3.63, 3.8) is 0 Å². The fourth-order valence-corrected chi connectivity index (χ4v) is 2.41. The normalized spacial score (nSPS) is 11.0. The van der Waals surface area contributed by atoms with Crippen molar-refractivity contribution in [1.82, 2.24) is 9.47 Å². The summed E-state index contributed by atoms with van der Waals surface area (Å²) in [4.78, 5) is 14.1. The molecule has 0 aromatic carbocycles. The summed E-state index contributed by atoms with van der Waals surface area (Å²) < 4.78 is 7.90. The molecule has 0 radical (unpaired) electrons. The van der Waals surface area contributed by atoms with Gasteiger partial charge in [0.2, 0.25) is 0 Å². The van der Waals surface area contributed by atoms with Crippen LogP contribution in [0.3, 0.4) is 0 Å². The van der Waals surface area contributed by atoms with Crippen molar-refractivity contribution in [3.8, 4) is 0 Å². The standard InChI is InChI=1S/C14H17BrN2O2/c1-10(2)17-8-12(15)6-13(17)14(18)16(3)7-11-4-5-19-9-11/h4-6,8-10H,7H2,1-3H3. The van der Waals surface area contributed by atoms with Crippen LogP contribution in [0.2, 0.25) is 0 Å². The number of carbonyl (C=O) groups is 1. The van der Waals surface area contributed by atoms with Gasteiger partial charge in [0.15, 0.2) is 0 Å². The highest BCUT2D eigenvalue weighted by atomic mass is 79.9. The van der Waals surface area contributed by atoms with E-state index in [9.17, 15) is 4.79 Å². The van der Waals surface area contributed by atoms with E-state index in [1.807, 2.05) is 22.9 Å². The molecule has 0 fully saturated rings. The molecule has 0 spiro atoms. The lowest BCUT2D eigenvalue weighted by Crippen LogP contribution is -2.28. The van der Waals surface area contributed by atoms with E-state index in [1.54, 1.807) is 24.5 Å². The summed E-state index contributed by atoms with van der Waals surface area (Å²) in [6, 6.07) is 3.96. The fraction of sp³-hybridized carbons (Fsp3) is 0.357. The molecule has 2 heterocycles. The molecule has 102 valence electrons. The number of rotatable bonds is 4. The minimum atomic E-state index is 0.000556. The second-order valence-electron chi connectivity index (χ2n) is 4.84. The number of halogens is 1. The summed E-state index contributed by atoms with van der Waals surface area (Å²) in [5.74, 6) is 0.000556. The molecule has 0 N–H and O–H groups in total. The Morgan fingerprint density at radius 2 is 2.26 bits per heavy atom. The van der Waals surface area contributed by atoms with E-state index in [1.165, 1.54) is 0 Å². The van der Waals surface area contributed by atoms with Crippen molar-refractivity contribution in [3.05, 3.63) is 46.6 Å². The second-order valence-corrected chi connectivity index (χ2v) is 5.75. The first-order chi connectivity index (χ1) is 8.99. The van der Waals surface area contributed by atoms with Gasteiger partial charge < -0.3 is 13.9 Å². The molecule has 4 nitrogen and oxygen atoms in total. The van der Waals surface area contributed by atoms with E-state index >= 15 is 0 Å². The van der Waals surface area contributed by atoms with Gasteiger partial charge in [0.05, 0.1) is 12.5 Å². The van der Waals surface area contributed by atoms with E-state index in [0.29, 0.717) is 12.2 Å². The predicted molar refractivity (Wildman–Crippen MR) is 77.0 cm³/mol. The minimum Gasteiger partial charge on any atom is -0.472 e. The van der Waals surface area contributed by atoms with Gasteiger partial charge in [-0.2, -0.15) is 0 Å². The van der Waals surface area contributed by atoms with E-state index in [2.05, 4.69) is 29.8 Å². The lowest BCUT2D eigenvalue weighted by molar-refractivity contribution is 0.0772. The number of nitrogens with zero attached hydrogens (tertiary/aromatic N) is 2. The van der Waals surface area contributed by atoms with Gasteiger partial charge in [0.25, 0.3) is 5.91 Å². The molecule has 2 aromatic heterocycles. The molecule has 0 unspecified atom stereocenters. The average Bonchev–Trinajstić information content (AvgIpc) is 2.97. The van der Waals surface area contributed by atoms with Gasteiger partial charge in [-0.05, 0) is 41.9 Å². The maximum absolute atomic E-state index is 12.5. The molecule has 0 aliphatic carbocycles. The molecule has 0 aliphatic rings. The summed E-state index contributed by atoms with van der Waals surface area (Å²) in [7, 11) is 1.79. The summed E-state index contributed by atoms with van der Waals surface area (Å²) in [5.41, 5.74) is 1.67. The van der Waals surface area contributed by atoms with Crippen LogP contribution in [0.15, 0.2) is 39.7 Å². The van der Waals surface area contributed by atoms with Crippen LogP contribution in [0.25, 0.3) is 0 Å². The number of amides is 1. The molecule has 5 heteroatoms. The third kappa shape index (κ3) is 3.10. The first-order valence-corrected chi connectivity index (χ1v) is 6.92. The molecule has 0 aliphatic heterocycles. The number of carbonyl (C=O) groups excluding carboxylic acids is 1. The van der Waals surface area contributed by atoms with Gasteiger partial charge in [-0.3, -0.25) is 4.79 Å². The molecule has 1 amide bonds. The Morgan fingerprint density at radius 3 is 2.84 bits per heavy atom. The van der Waals surface area contributed by atoms with Crippen molar-refractivity contribution >= 4 is 21.8 Å². The molecule has 0 saturated carbocycles. The Balaban J connectivity index is 2.19. The van der Waals surface area contributed by atoms with Gasteiger partial charge >= 0.3 is 0 Å². The largest absolute Gasteiger partial charge is 0.472 e. The molecule has 2 aromatic rings. The Hall–Kier alpha value is -1.49. The molecule has 0 atom stereocenters. The zero-order chi connectivity index (χ0) is 14.0. The Labute approximate surface area is 121 Å². The maximum Gasteiger partial charge on any atom is 0.270 e. The monoisotopic (exact) mass is 324 g/mol. The van der Waals surface area contributed by atoms with E-state index < -0.39 is 0 Å². The van der Waals surface area contributed by atoms with E-state index in [4.69, 9.17) is 4.42 Å². The minimum absolute atomic E-state index is 0.000556. The first-order valence-electron chi connectivity index (χ1n) is 6.13. The third-order valence-corrected chi connectivity index (χ3v) is 3.37. The van der Waals surface area contributed by atoms with Gasteiger partial charge in [0.1, 0.15) is 5.69 Å². The number of furan rings is 1. The number of hydrogen-bond acceptors (Lipinski definition) is 2. The van der Waals surface area contributed by atoms with Crippen LogP contribution in [0.5, 0.6) is 0 Å². The van der Waals surface area contributed by atoms with Crippen LogP contribution in [0.4, 0.5) is 0 Å². The fourth-order valence-electron chi connectivity index (χ4n) is 1.97. The van der Waals surface area contributed by atoms with Crippen molar-refractivity contribution < 1.29 is 9.21 Å². The predicted octanol–water partition coefficient (Wildman–Crippen LogP) is 3.70. The van der Waals surface area contributed by atoms with E-state index in [-0.39, 0.29) is 11.9 Å². The maximum atomic E-state index is 12.5. The smallest absolute Gasteiger partial charge is 0.270 e. The van der Waals surface area contributed by atoms with Crippen molar-refractivity contribution in [2.75, 3.05) is 7.05 Å². The van der Waals surface area contributed by atoms with Crippen LogP contribution < -0.4 is 0 Å². The zero-order valence-electron chi connectivity index (χ0n) is 11.3. The van der Waals surface area contributed by atoms with Crippen LogP contribution >= 0.6 is 15.9 Å². The summed E-state index contributed by atoms with van der Waals surface area (Å²) in [6.07, 6.45) is 5.20. The average molecular weight is 325 g/mol. The first kappa shape index (κ1) is 13.9. The summed E-state index contributed by atoms with van der Waals surface area (Å²) >= 11 is 3.42. The SMILES string of the molecule is CC(C)n1cc(Br)cc1C(=O)N(C)Cc1ccoc1. The Morgan fingerprint density at radius 1 is 1.53 bits per heavy atom. The van der Waals surface area contributed by atoms with Crippen molar-refractivity contribution in [1.29, 1.82) is 0 Å². The molecular formula is C14H17BrN2O2. The molecule has 0 bridgehead atoms. The van der Waals surface area contributed by atoms with Gasteiger partial charge in [-0.15, -0.1) is 0 Å². The highest BCUT2D eigenvalue weighted by Gasteiger charge is 2.18. The highest BCUT2D eigenvalue weighted by Crippen LogP contribution is 2.21. The van der Waals surface area contributed by atoms with Crippen LogP contribution in [-0.2, 0) is 6.54 Å². The van der Waals surface area contributed by atoms with Crippen LogP contribution in [0, 0.1) is 0 Å². The van der Waals surface area contributed by atoms with Gasteiger partial charge in [-0.25, -0.2) is 0 Å². The molecule has 2 rings (SSSR count). The number of hydrogen-bond donors (Lipinski definition) is 0. The Bertz CT molecular complexity index is 558. The summed E-state index contributed by atoms with van der Waals surface area (Å²) in [5, 5.41) is 0. The van der Waals surface area contributed by atoms with Gasteiger partial charge in [-0.1, -0.05) is 0 Å². The quantitative estimate of drug-likeness (QED) is 0.860. The molecule has 0 saturated heterocycles. The van der Waals surface area contributed by atoms with Crippen LogP contribution in [0.1, 0.15) is 35.9 Å². The van der Waals surface area contributed by atoms with Crippen LogP contribution in [-0.4, -0.2) is 22.4 Å². The lowest BCUT2D eigenvalue weighted by Gasteiger charge is -2.19. The Kier molecular flexibility index (Phi) is 4.14. The number of aromatic nitrogens is 1. The topological polar surface area (TPSA) is 38.4 Å². The zero-order valence-corrected chi connectivity index (χ0v) is 12.8. The van der Waals surface area contributed by atoms with Crippen molar-refractivity contribution in [2.45, 2.75) is 26.4 Å². The van der Waals surface area contributed by atoms with Crippen molar-refractivity contribution in [2.24, 2.45) is 0 Å². The van der Waals surface area contributed by atoms with E-state index in [0.717, 1.165) is 10.0 Å². The highest BCUT2D eigenvalue weighted by molar-refractivity contribution is 9.10. The lowest BCUT2D eigenvalue weighted by atomic mass is 10.3. The molecule has 19 heavy (non-hydrogen) atoms. The summed E-state index contributed by atoms with van der Waals surface area (Å²) in [6.45, 7) is 4.65. The van der Waals surface area contributed by atoms with Gasteiger partial charge in [0, 0.05) is 35.9 Å². The molecular weight excluding hydrogens is 308 g/mol. The second kappa shape index (κ2) is 5.65. The third-order valence-electron chi connectivity index (χ3n) is 2.94.